The summed E-state index contributed by atoms with van der Waals surface area (Å²) in [7, 11) is 0. The van der Waals surface area contributed by atoms with Gasteiger partial charge in [0.25, 0.3) is 5.90 Å². The second kappa shape index (κ2) is 7.84. The number of nitrogens with one attached hydrogen (secondary N) is 2. The SMILES string of the molecule is O=C(NCCc1c[nH]c2ccc(Cl)cc12)C1=NC(Cc2ccccc2)CO1. The first-order chi connectivity index (χ1) is 13.2. The summed E-state index contributed by atoms with van der Waals surface area (Å²) >= 11 is 6.07. The molecule has 138 valence electrons. The molecule has 4 rings (SSSR count). The Hall–Kier alpha value is -2.79. The topological polar surface area (TPSA) is 66.5 Å². The zero-order valence-electron chi connectivity index (χ0n) is 14.7. The van der Waals surface area contributed by atoms with E-state index in [4.69, 9.17) is 16.3 Å². The number of ether oxygens (including phenoxy) is 1. The Kier molecular flexibility index (Phi) is 5.12. The molecule has 1 aliphatic heterocycles. The van der Waals surface area contributed by atoms with Gasteiger partial charge in [-0.1, -0.05) is 41.9 Å². The highest BCUT2D eigenvalue weighted by Crippen LogP contribution is 2.22. The van der Waals surface area contributed by atoms with Gasteiger partial charge in [-0.3, -0.25) is 4.79 Å². The van der Waals surface area contributed by atoms with E-state index in [0.717, 1.165) is 22.9 Å². The summed E-state index contributed by atoms with van der Waals surface area (Å²) in [4.78, 5) is 19.9. The fourth-order valence-corrected chi connectivity index (χ4v) is 3.45. The molecule has 0 saturated heterocycles. The summed E-state index contributed by atoms with van der Waals surface area (Å²) < 4.78 is 5.49. The number of fused-ring (bicyclic) bond motifs is 1. The van der Waals surface area contributed by atoms with E-state index in [1.165, 1.54) is 5.56 Å². The molecule has 5 nitrogen and oxygen atoms in total. The second-order valence-electron chi connectivity index (χ2n) is 6.60. The summed E-state index contributed by atoms with van der Waals surface area (Å²) in [6.07, 6.45) is 3.42. The van der Waals surface area contributed by atoms with Crippen molar-refractivity contribution in [2.45, 2.75) is 18.9 Å². The van der Waals surface area contributed by atoms with Crippen LogP contribution in [0.4, 0.5) is 0 Å². The van der Waals surface area contributed by atoms with Crippen molar-refractivity contribution in [1.82, 2.24) is 10.3 Å². The van der Waals surface area contributed by atoms with Crippen LogP contribution >= 0.6 is 11.6 Å². The minimum Gasteiger partial charge on any atom is -0.472 e. The number of hydrogen-bond donors (Lipinski definition) is 2. The van der Waals surface area contributed by atoms with Gasteiger partial charge in [0.2, 0.25) is 0 Å². The standard InChI is InChI=1S/C21H20ClN3O2/c22-16-6-7-19-18(11-16)15(12-24-19)8-9-23-20(26)21-25-17(13-27-21)10-14-4-2-1-3-5-14/h1-7,11-12,17,24H,8-10,13H2,(H,23,26). The molecule has 1 atom stereocenters. The number of nitrogens with zero attached hydrogens (tertiary/aromatic N) is 1. The highest BCUT2D eigenvalue weighted by atomic mass is 35.5. The predicted octanol–water partition coefficient (Wildman–Crippen LogP) is 3.52. The molecule has 1 unspecified atom stereocenters. The van der Waals surface area contributed by atoms with Crippen molar-refractivity contribution in [2.75, 3.05) is 13.2 Å². The lowest BCUT2D eigenvalue weighted by atomic mass is 10.1. The zero-order chi connectivity index (χ0) is 18.6. The molecule has 2 N–H and O–H groups in total. The van der Waals surface area contributed by atoms with Crippen LogP contribution in [0.3, 0.4) is 0 Å². The minimum absolute atomic E-state index is 0.0103. The van der Waals surface area contributed by atoms with Gasteiger partial charge in [-0.2, -0.15) is 0 Å². The lowest BCUT2D eigenvalue weighted by Gasteiger charge is -2.04. The first-order valence-corrected chi connectivity index (χ1v) is 9.35. The van der Waals surface area contributed by atoms with E-state index in [2.05, 4.69) is 27.4 Å². The molecule has 0 aliphatic carbocycles. The fraction of sp³-hybridized carbons (Fsp3) is 0.238. The smallest absolute Gasteiger partial charge is 0.306 e. The number of carbonyl (C=O) groups is 1. The monoisotopic (exact) mass is 381 g/mol. The number of H-pyrrole nitrogens is 1. The number of rotatable bonds is 6. The third-order valence-corrected chi connectivity index (χ3v) is 4.87. The van der Waals surface area contributed by atoms with Gasteiger partial charge in [0, 0.05) is 28.7 Å². The van der Waals surface area contributed by atoms with E-state index in [-0.39, 0.29) is 17.8 Å². The van der Waals surface area contributed by atoms with Crippen LogP contribution in [0.2, 0.25) is 5.02 Å². The van der Waals surface area contributed by atoms with Crippen molar-refractivity contribution in [3.63, 3.8) is 0 Å². The Morgan fingerprint density at radius 2 is 2.11 bits per heavy atom. The van der Waals surface area contributed by atoms with Crippen LogP contribution in [0.15, 0.2) is 59.7 Å². The highest BCUT2D eigenvalue weighted by molar-refractivity contribution is 6.35. The quantitative estimate of drug-likeness (QED) is 0.686. The zero-order valence-corrected chi connectivity index (χ0v) is 15.5. The van der Waals surface area contributed by atoms with E-state index < -0.39 is 0 Å². The molecule has 1 aliphatic rings. The molecule has 2 aromatic carbocycles. The van der Waals surface area contributed by atoms with Crippen LogP contribution in [0.25, 0.3) is 10.9 Å². The Morgan fingerprint density at radius 1 is 1.26 bits per heavy atom. The van der Waals surface area contributed by atoms with Gasteiger partial charge in [0.1, 0.15) is 6.61 Å². The van der Waals surface area contributed by atoms with Crippen LogP contribution in [-0.2, 0) is 22.4 Å². The van der Waals surface area contributed by atoms with Crippen LogP contribution in [-0.4, -0.2) is 36.0 Å². The maximum atomic E-state index is 12.3. The molecule has 1 aromatic heterocycles. The van der Waals surface area contributed by atoms with Crippen molar-refractivity contribution >= 4 is 34.3 Å². The first kappa shape index (κ1) is 17.6. The second-order valence-corrected chi connectivity index (χ2v) is 7.03. The van der Waals surface area contributed by atoms with Crippen molar-refractivity contribution in [1.29, 1.82) is 0 Å². The maximum Gasteiger partial charge on any atom is 0.306 e. The van der Waals surface area contributed by atoms with Gasteiger partial charge in [0.15, 0.2) is 0 Å². The van der Waals surface area contributed by atoms with Crippen LogP contribution in [0.1, 0.15) is 11.1 Å². The lowest BCUT2D eigenvalue weighted by Crippen LogP contribution is -2.32. The number of halogens is 1. The maximum absolute atomic E-state index is 12.3. The largest absolute Gasteiger partial charge is 0.472 e. The number of aliphatic imine (C=N–C) groups is 1. The van der Waals surface area contributed by atoms with Crippen molar-refractivity contribution in [3.8, 4) is 0 Å². The molecule has 2 heterocycles. The molecule has 0 radical (unpaired) electrons. The predicted molar refractivity (Wildman–Crippen MR) is 107 cm³/mol. The average Bonchev–Trinajstić information content (AvgIpc) is 3.30. The Balaban J connectivity index is 1.31. The van der Waals surface area contributed by atoms with Gasteiger partial charge >= 0.3 is 5.91 Å². The van der Waals surface area contributed by atoms with Gasteiger partial charge < -0.3 is 15.0 Å². The molecule has 0 bridgehead atoms. The third kappa shape index (κ3) is 4.14. The van der Waals surface area contributed by atoms with Gasteiger partial charge in [-0.25, -0.2) is 4.99 Å². The van der Waals surface area contributed by atoms with E-state index in [1.807, 2.05) is 42.6 Å². The summed E-state index contributed by atoms with van der Waals surface area (Å²) in [5.41, 5.74) is 3.34. The highest BCUT2D eigenvalue weighted by Gasteiger charge is 2.24. The molecule has 0 saturated carbocycles. The number of benzene rings is 2. The summed E-state index contributed by atoms with van der Waals surface area (Å²) in [6, 6.07) is 15.8. The molecule has 27 heavy (non-hydrogen) atoms. The molecule has 6 heteroatoms. The molecule has 0 spiro atoms. The molecular formula is C21H20ClN3O2. The molecule has 1 amide bonds. The van der Waals surface area contributed by atoms with Crippen molar-refractivity contribution < 1.29 is 9.53 Å². The van der Waals surface area contributed by atoms with E-state index in [1.54, 1.807) is 0 Å². The van der Waals surface area contributed by atoms with Gasteiger partial charge in [0.05, 0.1) is 6.04 Å². The van der Waals surface area contributed by atoms with Crippen molar-refractivity contribution in [3.05, 3.63) is 70.9 Å². The summed E-state index contributed by atoms with van der Waals surface area (Å²) in [6.45, 7) is 0.947. The van der Waals surface area contributed by atoms with Gasteiger partial charge in [-0.05, 0) is 42.2 Å². The number of aromatic nitrogens is 1. The minimum atomic E-state index is -0.261. The molecule has 0 fully saturated rings. The van der Waals surface area contributed by atoms with E-state index >= 15 is 0 Å². The summed E-state index contributed by atoms with van der Waals surface area (Å²) in [5, 5.41) is 4.66. The van der Waals surface area contributed by atoms with E-state index in [0.29, 0.717) is 24.6 Å². The molecule has 3 aromatic rings. The first-order valence-electron chi connectivity index (χ1n) is 8.97. The third-order valence-electron chi connectivity index (χ3n) is 4.63. The Bertz CT molecular complexity index is 982. The van der Waals surface area contributed by atoms with Gasteiger partial charge in [-0.15, -0.1) is 0 Å². The number of carbonyl (C=O) groups excluding carboxylic acids is 1. The Morgan fingerprint density at radius 3 is 2.96 bits per heavy atom. The normalized spacial score (nSPS) is 16.2. The van der Waals surface area contributed by atoms with Crippen LogP contribution < -0.4 is 5.32 Å². The fourth-order valence-electron chi connectivity index (χ4n) is 3.27. The number of amides is 1. The average molecular weight is 382 g/mol. The molecular weight excluding hydrogens is 362 g/mol. The van der Waals surface area contributed by atoms with Crippen molar-refractivity contribution in [2.24, 2.45) is 4.99 Å². The summed E-state index contributed by atoms with van der Waals surface area (Å²) in [5.74, 6) is -0.0821. The van der Waals surface area contributed by atoms with Crippen LogP contribution in [0.5, 0.6) is 0 Å². The van der Waals surface area contributed by atoms with Crippen LogP contribution in [0, 0.1) is 0 Å². The number of hydrogen-bond acceptors (Lipinski definition) is 3. The lowest BCUT2D eigenvalue weighted by molar-refractivity contribution is -0.116. The number of aromatic amines is 1. The van der Waals surface area contributed by atoms with E-state index in [9.17, 15) is 4.79 Å². The Labute approximate surface area is 162 Å².